The highest BCUT2D eigenvalue weighted by Gasteiger charge is 2.43. The first-order valence-corrected chi connectivity index (χ1v) is 25.1. The number of hydrogen-bond donors (Lipinski definition) is 11. The van der Waals surface area contributed by atoms with Crippen molar-refractivity contribution in [3.05, 3.63) is 18.2 Å². The summed E-state index contributed by atoms with van der Waals surface area (Å²) in [6, 6.07) is -11.4. The lowest BCUT2D eigenvalue weighted by atomic mass is 9.99. The zero-order chi connectivity index (χ0) is 54.9. The lowest BCUT2D eigenvalue weighted by Gasteiger charge is -2.32. The third kappa shape index (κ3) is 19.0. The minimum absolute atomic E-state index is 0.0389. The number of carbonyl (C=O) groups excluding carboxylic acids is 9. The minimum atomic E-state index is -1.81. The van der Waals surface area contributed by atoms with Crippen molar-refractivity contribution >= 4 is 65.1 Å². The van der Waals surface area contributed by atoms with Crippen LogP contribution in [0.3, 0.4) is 0 Å². The van der Waals surface area contributed by atoms with Gasteiger partial charge in [-0.25, -0.2) is 9.78 Å². The molecular weight excluding hydrogens is 953 g/mol. The predicted molar refractivity (Wildman–Crippen MR) is 263 cm³/mol. The Bertz CT molecular complexity index is 2120. The SMILES string of the molecule is CC(C)C[C@H](NC(=O)[C@H](CC(=O)O)NC(=O)[C@H](CCC(N)=O)NC(=O)[C@@H](N)C(C)C)C(=O)N[C@@H](Cc1cnc[nH]1)C(=O)N[C@@H](CC(C)C)C(=O)N1CCC[C@H]1C(=O)N[C@@H](CC(C)C)C(=O)N1CCC[C@H]1C(=O)O. The molecule has 1 aromatic heterocycles. The standard InChI is InChI=1S/C48H78N12O13/c1-24(2)17-30(54-43(67)32(21-38(62)63)56-40(64)29(13-14-37(49)61)53-45(69)39(50)27(7)8)41(65)55-31(20-28-22-51-23-52-28)42(66)57-33(18-25(3)4)46(70)59-15-9-11-35(59)44(68)58-34(19-26(5)6)47(71)60-16-10-12-36(60)48(72)73/h22-27,29-36,39H,9-21,50H2,1-8H3,(H2,49,61)(H,51,52)(H,53,69)(H,54,67)(H,55,65)(H,56,64)(H,57,66)(H,58,68)(H,62,63)(H,72,73)/t29-,30-,31-,32-,33-,34-,35-,36-,39-/m0/s1. The Morgan fingerprint density at radius 2 is 1.08 bits per heavy atom. The maximum atomic E-state index is 14.5. The van der Waals surface area contributed by atoms with Crippen molar-refractivity contribution in [3.63, 3.8) is 0 Å². The first kappa shape index (κ1) is 60.6. The molecule has 9 amide bonds. The first-order chi connectivity index (χ1) is 34.2. The van der Waals surface area contributed by atoms with Gasteiger partial charge in [-0.3, -0.25) is 47.9 Å². The molecule has 9 atom stereocenters. The Morgan fingerprint density at radius 3 is 1.59 bits per heavy atom. The van der Waals surface area contributed by atoms with Crippen LogP contribution in [-0.2, 0) is 59.2 Å². The number of nitrogens with two attached hydrogens (primary N) is 2. The van der Waals surface area contributed by atoms with E-state index in [0.29, 0.717) is 18.5 Å². The molecule has 2 aliphatic heterocycles. The molecule has 2 aliphatic rings. The van der Waals surface area contributed by atoms with Crippen molar-refractivity contribution in [1.82, 2.24) is 51.7 Å². The average molecular weight is 1030 g/mol. The molecule has 13 N–H and O–H groups in total. The smallest absolute Gasteiger partial charge is 0.326 e. The number of rotatable bonds is 29. The van der Waals surface area contributed by atoms with E-state index in [1.807, 2.05) is 27.7 Å². The van der Waals surface area contributed by atoms with Gasteiger partial charge >= 0.3 is 11.9 Å². The zero-order valence-corrected chi connectivity index (χ0v) is 43.2. The van der Waals surface area contributed by atoms with E-state index in [9.17, 15) is 63.0 Å². The number of carbonyl (C=O) groups is 11. The summed E-state index contributed by atoms with van der Waals surface area (Å²) in [5, 5.41) is 35.0. The van der Waals surface area contributed by atoms with Gasteiger partial charge < -0.3 is 68.4 Å². The number of hydrogen-bond acceptors (Lipinski definition) is 13. The van der Waals surface area contributed by atoms with Gasteiger partial charge in [-0.05, 0) is 75.0 Å². The monoisotopic (exact) mass is 1030 g/mol. The number of carboxylic acids is 2. The van der Waals surface area contributed by atoms with Crippen LogP contribution in [0.1, 0.15) is 125 Å². The highest BCUT2D eigenvalue weighted by molar-refractivity contribution is 5.99. The van der Waals surface area contributed by atoms with Crippen LogP contribution in [-0.4, -0.2) is 163 Å². The number of amides is 9. The second kappa shape index (κ2) is 28.5. The van der Waals surface area contributed by atoms with Gasteiger partial charge in [0.1, 0.15) is 48.3 Å². The molecule has 0 aliphatic carbocycles. The molecule has 3 rings (SSSR count). The third-order valence-corrected chi connectivity index (χ3v) is 12.6. The fourth-order valence-corrected chi connectivity index (χ4v) is 8.77. The number of aliphatic carboxylic acids is 2. The van der Waals surface area contributed by atoms with E-state index in [-0.39, 0.29) is 88.1 Å². The maximum absolute atomic E-state index is 14.5. The molecule has 0 radical (unpaired) electrons. The van der Waals surface area contributed by atoms with Gasteiger partial charge in [-0.1, -0.05) is 55.4 Å². The quantitative estimate of drug-likeness (QED) is 0.0449. The van der Waals surface area contributed by atoms with Crippen LogP contribution >= 0.6 is 0 Å². The summed E-state index contributed by atoms with van der Waals surface area (Å²) >= 11 is 0. The van der Waals surface area contributed by atoms with Crippen LogP contribution in [0.5, 0.6) is 0 Å². The highest BCUT2D eigenvalue weighted by Crippen LogP contribution is 2.24. The van der Waals surface area contributed by atoms with Gasteiger partial charge in [0.25, 0.3) is 0 Å². The van der Waals surface area contributed by atoms with Crippen molar-refractivity contribution in [2.45, 2.75) is 180 Å². The summed E-state index contributed by atoms with van der Waals surface area (Å²) in [4.78, 5) is 156. The zero-order valence-electron chi connectivity index (χ0n) is 43.2. The van der Waals surface area contributed by atoms with Gasteiger partial charge in [0.05, 0.1) is 18.8 Å². The van der Waals surface area contributed by atoms with Gasteiger partial charge in [-0.15, -0.1) is 0 Å². The third-order valence-electron chi connectivity index (χ3n) is 12.6. The minimum Gasteiger partial charge on any atom is -0.481 e. The fraction of sp³-hybridized carbons (Fsp3) is 0.708. The molecule has 0 saturated carbocycles. The van der Waals surface area contributed by atoms with Crippen LogP contribution in [0, 0.1) is 23.7 Å². The summed E-state index contributed by atoms with van der Waals surface area (Å²) < 4.78 is 0. The van der Waals surface area contributed by atoms with Crippen molar-refractivity contribution in [2.24, 2.45) is 35.1 Å². The van der Waals surface area contributed by atoms with Crippen LogP contribution in [0.4, 0.5) is 0 Å². The normalized spacial score (nSPS) is 18.5. The molecule has 2 fully saturated rings. The fourth-order valence-electron chi connectivity index (χ4n) is 8.77. The average Bonchev–Trinajstić information content (AvgIpc) is 4.11. The van der Waals surface area contributed by atoms with E-state index >= 15 is 0 Å². The number of primary amides is 1. The van der Waals surface area contributed by atoms with Crippen LogP contribution in [0.2, 0.25) is 0 Å². The lowest BCUT2D eigenvalue weighted by Crippen LogP contribution is -2.61. The van der Waals surface area contributed by atoms with Crippen LogP contribution < -0.4 is 43.4 Å². The maximum Gasteiger partial charge on any atom is 0.326 e. The Morgan fingerprint density at radius 1 is 0.630 bits per heavy atom. The van der Waals surface area contributed by atoms with E-state index in [1.165, 1.54) is 22.3 Å². The van der Waals surface area contributed by atoms with E-state index in [1.54, 1.807) is 27.7 Å². The lowest BCUT2D eigenvalue weighted by molar-refractivity contribution is -0.150. The molecule has 0 unspecified atom stereocenters. The molecule has 0 aromatic carbocycles. The molecule has 73 heavy (non-hydrogen) atoms. The molecular formula is C48H78N12O13. The number of nitrogens with one attached hydrogen (secondary N) is 7. The van der Waals surface area contributed by atoms with Crippen molar-refractivity contribution < 1.29 is 63.0 Å². The van der Waals surface area contributed by atoms with Gasteiger partial charge in [0.2, 0.25) is 53.2 Å². The Hall–Kier alpha value is -6.66. The number of imidazole rings is 1. The highest BCUT2D eigenvalue weighted by atomic mass is 16.4. The number of aromatic nitrogens is 2. The van der Waals surface area contributed by atoms with Crippen molar-refractivity contribution in [1.29, 1.82) is 0 Å². The molecule has 2 saturated heterocycles. The molecule has 0 spiro atoms. The van der Waals surface area contributed by atoms with Crippen LogP contribution in [0.25, 0.3) is 0 Å². The first-order valence-electron chi connectivity index (χ1n) is 25.1. The summed E-state index contributed by atoms with van der Waals surface area (Å²) in [5.74, 6) is -10.6. The van der Waals surface area contributed by atoms with Crippen molar-refractivity contribution in [2.75, 3.05) is 13.1 Å². The van der Waals surface area contributed by atoms with E-state index in [4.69, 9.17) is 11.5 Å². The van der Waals surface area contributed by atoms with Gasteiger partial charge in [-0.2, -0.15) is 0 Å². The van der Waals surface area contributed by atoms with Gasteiger partial charge in [0, 0.05) is 37.8 Å². The second-order valence-electron chi connectivity index (χ2n) is 20.6. The predicted octanol–water partition coefficient (Wildman–Crippen LogP) is -1.21. The summed E-state index contributed by atoms with van der Waals surface area (Å²) in [6.07, 6.45) is 2.71. The topological polar surface area (TPSA) is 388 Å². The summed E-state index contributed by atoms with van der Waals surface area (Å²) in [5.41, 5.74) is 11.6. The van der Waals surface area contributed by atoms with E-state index < -0.39 is 126 Å². The second-order valence-corrected chi connectivity index (χ2v) is 20.6. The Kier molecular flexibility index (Phi) is 23.7. The van der Waals surface area contributed by atoms with E-state index in [0.717, 1.165) is 0 Å². The number of carboxylic acid groups (broad SMARTS) is 2. The number of aromatic amines is 1. The molecule has 0 bridgehead atoms. The van der Waals surface area contributed by atoms with E-state index in [2.05, 4.69) is 41.9 Å². The Labute approximate surface area is 425 Å². The summed E-state index contributed by atoms with van der Waals surface area (Å²) in [7, 11) is 0. The number of nitrogens with zero attached hydrogens (tertiary/aromatic N) is 3. The van der Waals surface area contributed by atoms with Crippen molar-refractivity contribution in [3.8, 4) is 0 Å². The molecule has 1 aromatic rings. The van der Waals surface area contributed by atoms with Gasteiger partial charge in [0.15, 0.2) is 0 Å². The molecule has 25 nitrogen and oxygen atoms in total. The largest absolute Gasteiger partial charge is 0.481 e. The number of H-pyrrole nitrogens is 1. The molecule has 25 heteroatoms. The van der Waals surface area contributed by atoms with Crippen LogP contribution in [0.15, 0.2) is 12.5 Å². The number of likely N-dealkylation sites (tertiary alicyclic amines) is 2. The summed E-state index contributed by atoms with van der Waals surface area (Å²) in [6.45, 7) is 14.6. The Balaban J connectivity index is 1.88. The molecule has 3 heterocycles. The molecule has 408 valence electrons.